The highest BCUT2D eigenvalue weighted by Crippen LogP contribution is 2.38. The molecule has 2 aliphatic rings. The van der Waals surface area contributed by atoms with Crippen LogP contribution >= 0.6 is 11.3 Å². The molecule has 1 aliphatic heterocycles. The molecule has 0 fully saturated rings. The molecule has 7 nitrogen and oxygen atoms in total. The van der Waals surface area contributed by atoms with Gasteiger partial charge in [0.05, 0.1) is 26.3 Å². The summed E-state index contributed by atoms with van der Waals surface area (Å²) in [6.45, 7) is 1.95. The number of primary amides is 1. The number of fused-ring (bicyclic) bond motifs is 2. The predicted octanol–water partition coefficient (Wildman–Crippen LogP) is 0.933. The number of thiophene rings is 1. The van der Waals surface area contributed by atoms with Gasteiger partial charge in [-0.05, 0) is 42.5 Å². The number of aryl methyl sites for hydroxylation is 1. The van der Waals surface area contributed by atoms with E-state index in [1.165, 1.54) is 32.2 Å². The molecule has 1 aromatic carbocycles. The van der Waals surface area contributed by atoms with E-state index >= 15 is 0 Å². The minimum Gasteiger partial charge on any atom is -0.493 e. The second kappa shape index (κ2) is 8.04. The number of nitrogens with two attached hydrogens (primary N) is 1. The molecule has 29 heavy (non-hydrogen) atoms. The molecule has 1 unspecified atom stereocenters. The third-order valence-corrected chi connectivity index (χ3v) is 6.93. The van der Waals surface area contributed by atoms with Crippen molar-refractivity contribution in [3.8, 4) is 11.5 Å². The Kier molecular flexibility index (Phi) is 5.47. The standard InChI is InChI=1S/C21H25N3O4S/c1-27-15-8-12-6-7-24(10-13(12)9-16(15)28-2)11-18(25)23-21-19(20(22)26)14-4-3-5-17(14)29-21/h8-9H,3-7,10-11H2,1-2H3,(H2,22,26)(H,23,25)/p+1. The first kappa shape index (κ1) is 19.7. The molecule has 0 spiro atoms. The van der Waals surface area contributed by atoms with Crippen LogP contribution in [0.1, 0.15) is 38.3 Å². The summed E-state index contributed by atoms with van der Waals surface area (Å²) in [5.41, 5.74) is 9.52. The lowest BCUT2D eigenvalue weighted by molar-refractivity contribution is -0.907. The maximum absolute atomic E-state index is 12.7. The molecular formula is C21H26N3O4S+. The Morgan fingerprint density at radius 1 is 1.14 bits per heavy atom. The summed E-state index contributed by atoms with van der Waals surface area (Å²) in [6.07, 6.45) is 3.73. The van der Waals surface area contributed by atoms with E-state index in [2.05, 4.69) is 5.32 Å². The van der Waals surface area contributed by atoms with E-state index in [1.54, 1.807) is 14.2 Å². The second-order valence-electron chi connectivity index (χ2n) is 7.55. The summed E-state index contributed by atoms with van der Waals surface area (Å²) in [7, 11) is 3.26. The first-order chi connectivity index (χ1) is 14.0. The molecule has 0 bridgehead atoms. The van der Waals surface area contributed by atoms with Crippen molar-refractivity contribution in [1.82, 2.24) is 0 Å². The number of hydrogen-bond acceptors (Lipinski definition) is 5. The molecule has 2 heterocycles. The van der Waals surface area contributed by atoms with Crippen LogP contribution in [0.3, 0.4) is 0 Å². The Balaban J connectivity index is 1.45. The van der Waals surface area contributed by atoms with Crippen LogP contribution in [0, 0.1) is 0 Å². The fourth-order valence-electron chi connectivity index (χ4n) is 4.33. The zero-order chi connectivity index (χ0) is 20.5. The molecule has 2 aromatic rings. The van der Waals surface area contributed by atoms with Gasteiger partial charge in [-0.15, -0.1) is 11.3 Å². The highest BCUT2D eigenvalue weighted by atomic mass is 32.1. The van der Waals surface area contributed by atoms with E-state index in [0.29, 0.717) is 22.9 Å². The topological polar surface area (TPSA) is 95.1 Å². The van der Waals surface area contributed by atoms with Crippen molar-refractivity contribution in [2.45, 2.75) is 32.2 Å². The molecule has 2 amide bonds. The van der Waals surface area contributed by atoms with Gasteiger partial charge in [0.25, 0.3) is 11.8 Å². The van der Waals surface area contributed by atoms with Crippen LogP contribution < -0.4 is 25.4 Å². The van der Waals surface area contributed by atoms with Crippen LogP contribution in [0.25, 0.3) is 0 Å². The monoisotopic (exact) mass is 416 g/mol. The zero-order valence-electron chi connectivity index (χ0n) is 16.7. The Hall–Kier alpha value is -2.58. The SMILES string of the molecule is COc1cc2c(cc1OC)C[NH+](CC(=O)Nc1sc3c(c1C(N)=O)CCC3)CC2. The normalized spacial score (nSPS) is 17.4. The number of nitrogens with one attached hydrogen (secondary N) is 2. The molecule has 0 saturated heterocycles. The Labute approximate surface area is 173 Å². The van der Waals surface area contributed by atoms with Crippen LogP contribution in [-0.2, 0) is 30.6 Å². The van der Waals surface area contributed by atoms with Crippen LogP contribution in [0.2, 0.25) is 0 Å². The number of carbonyl (C=O) groups excluding carboxylic acids is 2. The van der Waals surface area contributed by atoms with E-state index < -0.39 is 5.91 Å². The number of carbonyl (C=O) groups is 2. The number of quaternary nitrogens is 1. The van der Waals surface area contributed by atoms with Gasteiger partial charge in [0.15, 0.2) is 18.0 Å². The van der Waals surface area contributed by atoms with E-state index in [9.17, 15) is 9.59 Å². The average Bonchev–Trinajstić information content (AvgIpc) is 3.27. The third kappa shape index (κ3) is 3.82. The van der Waals surface area contributed by atoms with E-state index in [1.807, 2.05) is 12.1 Å². The molecule has 0 saturated carbocycles. The lowest BCUT2D eigenvalue weighted by atomic mass is 9.99. The predicted molar refractivity (Wildman–Crippen MR) is 111 cm³/mol. The molecule has 4 N–H and O–H groups in total. The van der Waals surface area contributed by atoms with Crippen LogP contribution in [0.15, 0.2) is 12.1 Å². The quantitative estimate of drug-likeness (QED) is 0.653. The number of ether oxygens (including phenoxy) is 2. The van der Waals surface area contributed by atoms with Gasteiger partial charge in [-0.1, -0.05) is 0 Å². The molecule has 1 aromatic heterocycles. The fourth-order valence-corrected chi connectivity index (χ4v) is 5.64. The fraction of sp³-hybridized carbons (Fsp3) is 0.429. The highest BCUT2D eigenvalue weighted by molar-refractivity contribution is 7.17. The van der Waals surface area contributed by atoms with Gasteiger partial charge in [-0.2, -0.15) is 0 Å². The number of amides is 2. The average molecular weight is 417 g/mol. The lowest BCUT2D eigenvalue weighted by Crippen LogP contribution is -3.12. The molecule has 1 atom stereocenters. The van der Waals surface area contributed by atoms with Crippen molar-refractivity contribution in [1.29, 1.82) is 0 Å². The Morgan fingerprint density at radius 3 is 2.55 bits per heavy atom. The van der Waals surface area contributed by atoms with Crippen molar-refractivity contribution in [3.63, 3.8) is 0 Å². The minimum atomic E-state index is -0.458. The molecular weight excluding hydrogens is 390 g/mol. The summed E-state index contributed by atoms with van der Waals surface area (Å²) in [6, 6.07) is 4.03. The second-order valence-corrected chi connectivity index (χ2v) is 8.66. The molecule has 4 rings (SSSR count). The third-order valence-electron chi connectivity index (χ3n) is 5.73. The number of methoxy groups -OCH3 is 2. The van der Waals surface area contributed by atoms with E-state index in [0.717, 1.165) is 50.1 Å². The van der Waals surface area contributed by atoms with Crippen LogP contribution in [0.5, 0.6) is 11.5 Å². The highest BCUT2D eigenvalue weighted by Gasteiger charge is 2.28. The number of benzene rings is 1. The van der Waals surface area contributed by atoms with Crippen LogP contribution in [0.4, 0.5) is 5.00 Å². The van der Waals surface area contributed by atoms with Gasteiger partial charge in [0.1, 0.15) is 11.5 Å². The maximum Gasteiger partial charge on any atom is 0.280 e. The summed E-state index contributed by atoms with van der Waals surface area (Å²) in [5.74, 6) is 0.889. The van der Waals surface area contributed by atoms with Crippen molar-refractivity contribution in [2.75, 3.05) is 32.6 Å². The Morgan fingerprint density at radius 2 is 1.86 bits per heavy atom. The van der Waals surface area contributed by atoms with Crippen LogP contribution in [-0.4, -0.2) is 39.1 Å². The first-order valence-electron chi connectivity index (χ1n) is 9.81. The van der Waals surface area contributed by atoms with Gasteiger partial charge in [0.2, 0.25) is 0 Å². The lowest BCUT2D eigenvalue weighted by Gasteiger charge is -2.26. The van der Waals surface area contributed by atoms with Gasteiger partial charge in [-0.25, -0.2) is 0 Å². The molecule has 0 radical (unpaired) electrons. The van der Waals surface area contributed by atoms with Crippen molar-refractivity contribution >= 4 is 28.2 Å². The zero-order valence-corrected chi connectivity index (χ0v) is 17.5. The molecule has 8 heteroatoms. The summed E-state index contributed by atoms with van der Waals surface area (Å²) in [5, 5.41) is 3.55. The van der Waals surface area contributed by atoms with E-state index in [4.69, 9.17) is 15.2 Å². The maximum atomic E-state index is 12.7. The first-order valence-corrected chi connectivity index (χ1v) is 10.6. The van der Waals surface area contributed by atoms with Gasteiger partial charge < -0.3 is 25.4 Å². The smallest absolute Gasteiger partial charge is 0.280 e. The number of rotatable bonds is 6. The minimum absolute atomic E-state index is 0.0913. The molecule has 1 aliphatic carbocycles. The summed E-state index contributed by atoms with van der Waals surface area (Å²) >= 11 is 1.49. The summed E-state index contributed by atoms with van der Waals surface area (Å²) in [4.78, 5) is 27.0. The van der Waals surface area contributed by atoms with Crippen molar-refractivity contribution in [2.24, 2.45) is 5.73 Å². The van der Waals surface area contributed by atoms with Gasteiger partial charge in [-0.3, -0.25) is 9.59 Å². The van der Waals surface area contributed by atoms with Gasteiger partial charge in [0, 0.05) is 16.9 Å². The number of hydrogen-bond donors (Lipinski definition) is 3. The number of anilines is 1. The largest absolute Gasteiger partial charge is 0.493 e. The molecule has 154 valence electrons. The summed E-state index contributed by atoms with van der Waals surface area (Å²) < 4.78 is 10.8. The Bertz CT molecular complexity index is 969. The van der Waals surface area contributed by atoms with Crippen molar-refractivity contribution in [3.05, 3.63) is 39.3 Å². The van der Waals surface area contributed by atoms with Gasteiger partial charge >= 0.3 is 0 Å². The van der Waals surface area contributed by atoms with E-state index in [-0.39, 0.29) is 5.91 Å². The van der Waals surface area contributed by atoms with Crippen molar-refractivity contribution < 1.29 is 24.0 Å².